The monoisotopic (exact) mass is 384 g/mol. The van der Waals surface area contributed by atoms with E-state index in [1.165, 1.54) is 16.1 Å². The quantitative estimate of drug-likeness (QED) is 0.817. The largest absolute Gasteiger partial charge is 0.362 e. The van der Waals surface area contributed by atoms with Gasteiger partial charge >= 0.3 is 0 Å². The second-order valence-electron chi connectivity index (χ2n) is 5.61. The highest BCUT2D eigenvalue weighted by molar-refractivity contribution is 9.10. The molecule has 2 N–H and O–H groups in total. The van der Waals surface area contributed by atoms with Gasteiger partial charge in [-0.05, 0) is 46.0 Å². The molecule has 2 heterocycles. The number of para-hydroxylation sites is 1. The molecule has 21 heavy (non-hydrogen) atoms. The van der Waals surface area contributed by atoms with E-state index >= 15 is 0 Å². The number of benzene rings is 1. The Morgan fingerprint density at radius 3 is 2.90 bits per heavy atom. The Labute approximate surface area is 143 Å². The molecular formula is C16H18BrClN2S. The Kier molecular flexibility index (Phi) is 4.60. The molecular weight excluding hydrogens is 368 g/mol. The van der Waals surface area contributed by atoms with Crippen LogP contribution in [0.15, 0.2) is 34.8 Å². The van der Waals surface area contributed by atoms with Gasteiger partial charge in [0.05, 0.1) is 6.04 Å². The van der Waals surface area contributed by atoms with Gasteiger partial charge in [0.25, 0.3) is 0 Å². The van der Waals surface area contributed by atoms with E-state index in [0.29, 0.717) is 12.5 Å². The van der Waals surface area contributed by atoms with Crippen LogP contribution in [-0.2, 0) is 6.42 Å². The van der Waals surface area contributed by atoms with Crippen LogP contribution in [-0.4, -0.2) is 13.1 Å². The number of hydrogen-bond acceptors (Lipinski definition) is 3. The Bertz CT molecular complexity index is 623. The maximum Gasteiger partial charge on any atom is 0.107 e. The van der Waals surface area contributed by atoms with Crippen molar-refractivity contribution in [1.29, 1.82) is 0 Å². The summed E-state index contributed by atoms with van der Waals surface area (Å²) in [7, 11) is 0. The van der Waals surface area contributed by atoms with Crippen LogP contribution in [0.2, 0.25) is 4.34 Å². The zero-order valence-electron chi connectivity index (χ0n) is 11.9. The van der Waals surface area contributed by atoms with Gasteiger partial charge in [-0.25, -0.2) is 0 Å². The first-order valence-electron chi connectivity index (χ1n) is 7.09. The fourth-order valence-corrected chi connectivity index (χ4v) is 4.92. The molecule has 0 saturated heterocycles. The van der Waals surface area contributed by atoms with E-state index in [0.717, 1.165) is 21.8 Å². The highest BCUT2D eigenvalue weighted by atomic mass is 79.9. The summed E-state index contributed by atoms with van der Waals surface area (Å²) in [6, 6.07) is 10.9. The molecule has 1 aliphatic rings. The van der Waals surface area contributed by atoms with E-state index in [4.69, 9.17) is 17.3 Å². The Morgan fingerprint density at radius 1 is 1.48 bits per heavy atom. The molecule has 2 aromatic rings. The second-order valence-corrected chi connectivity index (χ2v) is 8.15. The van der Waals surface area contributed by atoms with Gasteiger partial charge in [-0.2, -0.15) is 0 Å². The lowest BCUT2D eigenvalue weighted by Crippen LogP contribution is -2.40. The van der Waals surface area contributed by atoms with Crippen molar-refractivity contribution >= 4 is 44.6 Å². The molecule has 3 rings (SSSR count). The lowest BCUT2D eigenvalue weighted by atomic mass is 9.92. The molecule has 2 nitrogen and oxygen atoms in total. The van der Waals surface area contributed by atoms with Gasteiger partial charge in [0.15, 0.2) is 0 Å². The lowest BCUT2D eigenvalue weighted by molar-refractivity contribution is 0.493. The number of hydrogen-bond donors (Lipinski definition) is 1. The van der Waals surface area contributed by atoms with Crippen LogP contribution in [0.1, 0.15) is 23.4 Å². The normalized spacial score (nSPS) is 19.4. The summed E-state index contributed by atoms with van der Waals surface area (Å²) in [5, 5.41) is 0. The minimum Gasteiger partial charge on any atom is -0.362 e. The summed E-state index contributed by atoms with van der Waals surface area (Å²) in [5.74, 6) is 0.632. The highest BCUT2D eigenvalue weighted by Crippen LogP contribution is 2.41. The van der Waals surface area contributed by atoms with E-state index in [1.807, 2.05) is 0 Å². The molecule has 5 heteroatoms. The van der Waals surface area contributed by atoms with Gasteiger partial charge in [-0.1, -0.05) is 36.7 Å². The van der Waals surface area contributed by atoms with Crippen LogP contribution in [0.4, 0.5) is 5.69 Å². The van der Waals surface area contributed by atoms with E-state index in [-0.39, 0.29) is 6.04 Å². The fraction of sp³-hybridized carbons (Fsp3) is 0.375. The first kappa shape index (κ1) is 15.3. The highest BCUT2D eigenvalue weighted by Gasteiger charge is 2.28. The number of nitrogens with zero attached hydrogens (tertiary/aromatic N) is 1. The van der Waals surface area contributed by atoms with Crippen LogP contribution >= 0.6 is 38.9 Å². The SMILES string of the molecule is CC1Cc2ccccc2N(C(CN)c2cc(Br)c(Cl)s2)C1. The first-order chi connectivity index (χ1) is 10.1. The van der Waals surface area contributed by atoms with Gasteiger partial charge in [0, 0.05) is 28.1 Å². The molecule has 0 spiro atoms. The summed E-state index contributed by atoms with van der Waals surface area (Å²) in [6.45, 7) is 3.92. The van der Waals surface area contributed by atoms with E-state index in [1.54, 1.807) is 11.3 Å². The summed E-state index contributed by atoms with van der Waals surface area (Å²) in [4.78, 5) is 3.66. The second kappa shape index (κ2) is 6.29. The number of fused-ring (bicyclic) bond motifs is 1. The zero-order valence-corrected chi connectivity index (χ0v) is 15.0. The van der Waals surface area contributed by atoms with Gasteiger partial charge in [0.1, 0.15) is 4.34 Å². The van der Waals surface area contributed by atoms with Gasteiger partial charge in [0.2, 0.25) is 0 Å². The van der Waals surface area contributed by atoms with Crippen LogP contribution in [0.3, 0.4) is 0 Å². The number of thiophene rings is 1. The molecule has 0 aliphatic carbocycles. The average molecular weight is 386 g/mol. The van der Waals surface area contributed by atoms with Crippen LogP contribution < -0.4 is 10.6 Å². The minimum atomic E-state index is 0.183. The third kappa shape index (κ3) is 3.00. The molecule has 0 bridgehead atoms. The molecule has 0 amide bonds. The molecule has 2 unspecified atom stereocenters. The summed E-state index contributed by atoms with van der Waals surface area (Å²) >= 11 is 11.3. The van der Waals surface area contributed by atoms with Gasteiger partial charge in [-0.3, -0.25) is 0 Å². The van der Waals surface area contributed by atoms with Gasteiger partial charge in [-0.15, -0.1) is 11.3 Å². The third-order valence-corrected chi connectivity index (χ3v) is 6.55. The molecule has 0 fully saturated rings. The number of anilines is 1. The van der Waals surface area contributed by atoms with Gasteiger partial charge < -0.3 is 10.6 Å². The van der Waals surface area contributed by atoms with E-state index in [9.17, 15) is 0 Å². The van der Waals surface area contributed by atoms with Crippen molar-refractivity contribution in [3.05, 3.63) is 49.6 Å². The van der Waals surface area contributed by atoms with Crippen LogP contribution in [0.5, 0.6) is 0 Å². The van der Waals surface area contributed by atoms with Crippen molar-refractivity contribution in [2.45, 2.75) is 19.4 Å². The lowest BCUT2D eigenvalue weighted by Gasteiger charge is -2.39. The molecule has 1 aromatic carbocycles. The first-order valence-corrected chi connectivity index (χ1v) is 9.08. The van der Waals surface area contributed by atoms with Crippen molar-refractivity contribution < 1.29 is 0 Å². The summed E-state index contributed by atoms with van der Waals surface area (Å²) in [5.41, 5.74) is 8.83. The molecule has 0 saturated carbocycles. The van der Waals surface area contributed by atoms with Crippen LogP contribution in [0.25, 0.3) is 0 Å². The maximum absolute atomic E-state index is 6.21. The topological polar surface area (TPSA) is 29.3 Å². The third-order valence-electron chi connectivity index (χ3n) is 3.97. The average Bonchev–Trinajstić information content (AvgIpc) is 2.79. The van der Waals surface area contributed by atoms with E-state index < -0.39 is 0 Å². The molecule has 1 aromatic heterocycles. The molecule has 0 radical (unpaired) electrons. The zero-order chi connectivity index (χ0) is 15.0. The molecule has 2 atom stereocenters. The number of rotatable bonds is 3. The molecule has 112 valence electrons. The number of halogens is 2. The predicted molar refractivity (Wildman–Crippen MR) is 95.5 cm³/mol. The summed E-state index contributed by atoms with van der Waals surface area (Å²) in [6.07, 6.45) is 1.14. The Hall–Kier alpha value is -0.550. The molecule has 1 aliphatic heterocycles. The minimum absolute atomic E-state index is 0.183. The predicted octanol–water partition coefficient (Wildman–Crippen LogP) is 4.86. The Balaban J connectivity index is 2.01. The standard InChI is InChI=1S/C16H18BrClN2S/c1-10-6-11-4-2-3-5-13(11)20(9-10)14(8-19)15-7-12(17)16(18)21-15/h2-5,7,10,14H,6,8-9,19H2,1H3. The van der Waals surface area contributed by atoms with E-state index in [2.05, 4.69) is 58.1 Å². The maximum atomic E-state index is 6.21. The summed E-state index contributed by atoms with van der Waals surface area (Å²) < 4.78 is 1.75. The van der Waals surface area contributed by atoms with Crippen molar-refractivity contribution in [2.75, 3.05) is 18.0 Å². The Morgan fingerprint density at radius 2 is 2.24 bits per heavy atom. The smallest absolute Gasteiger partial charge is 0.107 e. The van der Waals surface area contributed by atoms with Crippen LogP contribution in [0, 0.1) is 5.92 Å². The van der Waals surface area contributed by atoms with Crippen molar-refractivity contribution in [3.63, 3.8) is 0 Å². The van der Waals surface area contributed by atoms with Crippen molar-refractivity contribution in [1.82, 2.24) is 0 Å². The van der Waals surface area contributed by atoms with Crippen molar-refractivity contribution in [2.24, 2.45) is 11.7 Å². The fourth-order valence-electron chi connectivity index (χ4n) is 3.06. The number of nitrogens with two attached hydrogens (primary N) is 1. The van der Waals surface area contributed by atoms with Crippen molar-refractivity contribution in [3.8, 4) is 0 Å².